The van der Waals surface area contributed by atoms with Crippen molar-refractivity contribution < 1.29 is 9.84 Å². The van der Waals surface area contributed by atoms with Crippen LogP contribution in [0.1, 0.15) is 5.69 Å². The van der Waals surface area contributed by atoms with Crippen LogP contribution in [0, 0.1) is 0 Å². The molecule has 1 aliphatic rings. The van der Waals surface area contributed by atoms with Gasteiger partial charge in [-0.25, -0.2) is 0 Å². The molecule has 1 aromatic carbocycles. The number of ether oxygens (including phenoxy) is 1. The summed E-state index contributed by atoms with van der Waals surface area (Å²) in [5, 5.41) is 11.9. The van der Waals surface area contributed by atoms with Crippen LogP contribution in [0.5, 0.6) is 11.5 Å². The second kappa shape index (κ2) is 3.38. The minimum absolute atomic E-state index is 0.148. The third-order valence-electron chi connectivity index (χ3n) is 3.00. The monoisotopic (exact) mass is 228 g/mol. The van der Waals surface area contributed by atoms with E-state index in [0.29, 0.717) is 5.75 Å². The molecular weight excluding hydrogens is 216 g/mol. The molecule has 0 aliphatic carbocycles. The maximum absolute atomic E-state index is 9.96. The van der Waals surface area contributed by atoms with Crippen molar-refractivity contribution in [1.29, 1.82) is 0 Å². The largest absolute Gasteiger partial charge is 0.504 e. The molecule has 0 unspecified atom stereocenters. The van der Waals surface area contributed by atoms with Crippen molar-refractivity contribution in [2.45, 2.75) is 0 Å². The Hall–Kier alpha value is -2.23. The Bertz CT molecular complexity index is 635. The molecule has 0 bridgehead atoms. The second-order valence-electron chi connectivity index (χ2n) is 4.00. The Morgan fingerprint density at radius 2 is 2.24 bits per heavy atom. The van der Waals surface area contributed by atoms with E-state index in [1.165, 1.54) is 0 Å². The van der Waals surface area contributed by atoms with Crippen LogP contribution in [-0.4, -0.2) is 24.2 Å². The highest BCUT2D eigenvalue weighted by Gasteiger charge is 2.21. The normalized spacial score (nSPS) is 13.2. The van der Waals surface area contributed by atoms with Crippen LogP contribution in [0.2, 0.25) is 0 Å². The SMILES string of the molecule is COc1c(O)cc2ccnc3c2c1N(C)C=C3. The Morgan fingerprint density at radius 1 is 1.41 bits per heavy atom. The van der Waals surface area contributed by atoms with Crippen molar-refractivity contribution in [3.8, 4) is 11.5 Å². The van der Waals surface area contributed by atoms with Crippen molar-refractivity contribution in [2.75, 3.05) is 19.1 Å². The van der Waals surface area contributed by atoms with Gasteiger partial charge in [0.2, 0.25) is 0 Å². The highest BCUT2D eigenvalue weighted by molar-refractivity contribution is 6.05. The van der Waals surface area contributed by atoms with Gasteiger partial charge in [0, 0.05) is 24.8 Å². The number of phenolic OH excluding ortho intramolecular Hbond substituents is 1. The van der Waals surface area contributed by atoms with Gasteiger partial charge >= 0.3 is 0 Å². The van der Waals surface area contributed by atoms with Crippen LogP contribution < -0.4 is 9.64 Å². The van der Waals surface area contributed by atoms with Crippen LogP contribution >= 0.6 is 0 Å². The number of nitrogens with zero attached hydrogens (tertiary/aromatic N) is 2. The first kappa shape index (κ1) is 9.96. The van der Waals surface area contributed by atoms with Crippen molar-refractivity contribution in [3.05, 3.63) is 30.2 Å². The first-order valence-corrected chi connectivity index (χ1v) is 5.32. The number of rotatable bonds is 1. The standard InChI is InChI=1S/C13H12N2O2/c1-15-6-4-9-11-8(3-5-14-9)7-10(16)13(17-2)12(11)15/h3-7,16H,1-2H3. The Labute approximate surface area is 98.8 Å². The zero-order valence-electron chi connectivity index (χ0n) is 9.64. The molecule has 1 aromatic heterocycles. The average Bonchev–Trinajstić information content (AvgIpc) is 2.33. The van der Waals surface area contributed by atoms with E-state index in [1.807, 2.05) is 30.3 Å². The molecule has 3 rings (SSSR count). The fraction of sp³-hybridized carbons (Fsp3) is 0.154. The molecule has 0 radical (unpaired) electrons. The number of hydrogen-bond acceptors (Lipinski definition) is 4. The van der Waals surface area contributed by atoms with E-state index >= 15 is 0 Å². The number of methoxy groups -OCH3 is 1. The fourth-order valence-corrected chi connectivity index (χ4v) is 2.24. The zero-order chi connectivity index (χ0) is 12.0. The Balaban J connectivity index is 2.51. The molecule has 2 aromatic rings. The molecule has 0 saturated heterocycles. The zero-order valence-corrected chi connectivity index (χ0v) is 9.64. The summed E-state index contributed by atoms with van der Waals surface area (Å²) >= 11 is 0. The molecule has 0 amide bonds. The van der Waals surface area contributed by atoms with Gasteiger partial charge in [-0.15, -0.1) is 0 Å². The maximum Gasteiger partial charge on any atom is 0.185 e. The van der Waals surface area contributed by atoms with Gasteiger partial charge in [0.05, 0.1) is 18.5 Å². The van der Waals surface area contributed by atoms with Gasteiger partial charge in [0.1, 0.15) is 0 Å². The first-order chi connectivity index (χ1) is 8.22. The van der Waals surface area contributed by atoms with Crippen molar-refractivity contribution >= 4 is 22.5 Å². The summed E-state index contributed by atoms with van der Waals surface area (Å²) in [7, 11) is 3.47. The van der Waals surface area contributed by atoms with Crippen molar-refractivity contribution in [2.24, 2.45) is 0 Å². The van der Waals surface area contributed by atoms with Gasteiger partial charge in [0.15, 0.2) is 11.5 Å². The molecule has 1 N–H and O–H groups in total. The van der Waals surface area contributed by atoms with Gasteiger partial charge in [-0.1, -0.05) is 0 Å². The minimum atomic E-state index is 0.148. The lowest BCUT2D eigenvalue weighted by atomic mass is 10.0. The number of hydrogen-bond donors (Lipinski definition) is 1. The molecule has 0 spiro atoms. The van der Waals surface area contributed by atoms with Crippen molar-refractivity contribution in [3.63, 3.8) is 0 Å². The van der Waals surface area contributed by atoms with E-state index in [-0.39, 0.29) is 5.75 Å². The van der Waals surface area contributed by atoms with Gasteiger partial charge < -0.3 is 14.7 Å². The lowest BCUT2D eigenvalue weighted by Gasteiger charge is -2.24. The summed E-state index contributed by atoms with van der Waals surface area (Å²) in [6, 6.07) is 3.59. The lowest BCUT2D eigenvalue weighted by molar-refractivity contribution is 0.375. The summed E-state index contributed by atoms with van der Waals surface area (Å²) in [4.78, 5) is 6.25. The van der Waals surface area contributed by atoms with Gasteiger partial charge in [0.25, 0.3) is 0 Å². The summed E-state index contributed by atoms with van der Waals surface area (Å²) in [6.45, 7) is 0. The Kier molecular flexibility index (Phi) is 1.98. The smallest absolute Gasteiger partial charge is 0.185 e. The van der Waals surface area contributed by atoms with E-state index in [1.54, 1.807) is 19.4 Å². The number of aromatic hydroxyl groups is 1. The van der Waals surface area contributed by atoms with Crippen LogP contribution in [0.15, 0.2) is 24.5 Å². The molecule has 17 heavy (non-hydrogen) atoms. The second-order valence-corrected chi connectivity index (χ2v) is 4.00. The van der Waals surface area contributed by atoms with E-state index in [9.17, 15) is 5.11 Å². The highest BCUT2D eigenvalue weighted by atomic mass is 16.5. The minimum Gasteiger partial charge on any atom is -0.504 e. The third kappa shape index (κ3) is 1.27. The molecule has 2 heterocycles. The molecule has 4 nitrogen and oxygen atoms in total. The topological polar surface area (TPSA) is 45.6 Å². The predicted molar refractivity (Wildman–Crippen MR) is 67.4 cm³/mol. The van der Waals surface area contributed by atoms with E-state index < -0.39 is 0 Å². The van der Waals surface area contributed by atoms with E-state index in [4.69, 9.17) is 4.74 Å². The fourth-order valence-electron chi connectivity index (χ4n) is 2.24. The van der Waals surface area contributed by atoms with Crippen LogP contribution in [0.3, 0.4) is 0 Å². The third-order valence-corrected chi connectivity index (χ3v) is 3.00. The highest BCUT2D eigenvalue weighted by Crippen LogP contribution is 2.45. The number of phenols is 1. The summed E-state index contributed by atoms with van der Waals surface area (Å²) in [6.07, 6.45) is 5.60. The van der Waals surface area contributed by atoms with Crippen LogP contribution in [-0.2, 0) is 0 Å². The molecule has 86 valence electrons. The molecule has 1 aliphatic heterocycles. The van der Waals surface area contributed by atoms with Gasteiger partial charge in [-0.2, -0.15) is 0 Å². The molecule has 4 heteroatoms. The quantitative estimate of drug-likeness (QED) is 0.814. The Morgan fingerprint density at radius 3 is 3.00 bits per heavy atom. The van der Waals surface area contributed by atoms with Crippen molar-refractivity contribution in [1.82, 2.24) is 4.98 Å². The van der Waals surface area contributed by atoms with Crippen LogP contribution in [0.25, 0.3) is 16.8 Å². The molecule has 0 atom stereocenters. The summed E-state index contributed by atoms with van der Waals surface area (Å²) < 4.78 is 5.28. The lowest BCUT2D eigenvalue weighted by Crippen LogP contribution is -2.13. The maximum atomic E-state index is 9.96. The number of aromatic nitrogens is 1. The van der Waals surface area contributed by atoms with Gasteiger partial charge in [-0.3, -0.25) is 4.98 Å². The number of benzene rings is 1. The number of pyridine rings is 1. The summed E-state index contributed by atoms with van der Waals surface area (Å²) in [5.41, 5.74) is 1.75. The number of anilines is 1. The molecule has 0 fully saturated rings. The molecular formula is C13H12N2O2. The molecule has 0 saturated carbocycles. The van der Waals surface area contributed by atoms with E-state index in [2.05, 4.69) is 4.98 Å². The average molecular weight is 228 g/mol. The first-order valence-electron chi connectivity index (χ1n) is 5.32. The van der Waals surface area contributed by atoms with Gasteiger partial charge in [-0.05, 0) is 23.6 Å². The summed E-state index contributed by atoms with van der Waals surface area (Å²) in [5.74, 6) is 0.632. The van der Waals surface area contributed by atoms with E-state index in [0.717, 1.165) is 22.2 Å². The van der Waals surface area contributed by atoms with Crippen LogP contribution in [0.4, 0.5) is 5.69 Å². The predicted octanol–water partition coefficient (Wildman–Crippen LogP) is 2.37.